The van der Waals surface area contributed by atoms with E-state index in [1.807, 2.05) is 6.92 Å². The van der Waals surface area contributed by atoms with Gasteiger partial charge in [-0.25, -0.2) is 9.18 Å². The molecule has 2 aliphatic carbocycles. The fourth-order valence-electron chi connectivity index (χ4n) is 4.92. The van der Waals surface area contributed by atoms with Crippen molar-refractivity contribution in [3.63, 3.8) is 0 Å². The van der Waals surface area contributed by atoms with Crippen LogP contribution in [0, 0.1) is 18.7 Å². The van der Waals surface area contributed by atoms with E-state index in [9.17, 15) is 9.59 Å². The van der Waals surface area contributed by atoms with Crippen LogP contribution in [0.2, 0.25) is 0 Å². The van der Waals surface area contributed by atoms with Gasteiger partial charge in [-0.1, -0.05) is 0 Å². The topological polar surface area (TPSA) is 90.1 Å². The number of halogens is 1. The predicted molar refractivity (Wildman–Crippen MR) is 121 cm³/mol. The molecular weight excluding hydrogens is 417 g/mol. The van der Waals surface area contributed by atoms with Crippen LogP contribution in [0.1, 0.15) is 48.2 Å². The first-order chi connectivity index (χ1) is 14.8. The lowest BCUT2D eigenvalue weighted by molar-refractivity contribution is 0.391. The summed E-state index contributed by atoms with van der Waals surface area (Å²) in [6, 6.07) is 2.20. The van der Waals surface area contributed by atoms with Gasteiger partial charge >= 0.3 is 5.69 Å². The second-order valence-corrected chi connectivity index (χ2v) is 9.99. The molecule has 0 bridgehead atoms. The van der Waals surface area contributed by atoms with Crippen molar-refractivity contribution < 1.29 is 9.13 Å². The van der Waals surface area contributed by atoms with Crippen molar-refractivity contribution >= 4 is 22.2 Å². The lowest BCUT2D eigenvalue weighted by Crippen LogP contribution is -2.31. The van der Waals surface area contributed by atoms with Crippen LogP contribution in [-0.4, -0.2) is 22.7 Å². The molecule has 2 aromatic heterocycles. The summed E-state index contributed by atoms with van der Waals surface area (Å²) in [4.78, 5) is 29.7. The first-order valence-corrected chi connectivity index (χ1v) is 11.6. The number of hydrogen-bond acceptors (Lipinski definition) is 5. The number of ether oxygens (including phenoxy) is 1. The van der Waals surface area contributed by atoms with Gasteiger partial charge in [-0.05, 0) is 69.1 Å². The minimum Gasteiger partial charge on any atom is -0.493 e. The number of rotatable bonds is 4. The average Bonchev–Trinajstić information content (AvgIpc) is 3.46. The molecule has 0 spiro atoms. The van der Waals surface area contributed by atoms with Crippen LogP contribution in [0.3, 0.4) is 0 Å². The zero-order valence-corrected chi connectivity index (χ0v) is 18.7. The smallest absolute Gasteiger partial charge is 0.329 e. The molecule has 1 fully saturated rings. The number of H-pyrrole nitrogens is 1. The molecule has 5 rings (SSSR count). The van der Waals surface area contributed by atoms with E-state index in [4.69, 9.17) is 10.5 Å². The lowest BCUT2D eigenvalue weighted by Gasteiger charge is -2.24. The van der Waals surface area contributed by atoms with Crippen molar-refractivity contribution in [2.45, 2.75) is 58.0 Å². The third-order valence-corrected chi connectivity index (χ3v) is 8.00. The van der Waals surface area contributed by atoms with Crippen LogP contribution < -0.4 is 21.7 Å². The van der Waals surface area contributed by atoms with Crippen LogP contribution >= 0.6 is 11.3 Å². The molecule has 0 saturated heterocycles. The predicted octanol–water partition coefficient (Wildman–Crippen LogP) is 3.66. The standard InChI is InChI=1S/C23H26FN3O3S/c1-10-17(16-9-13-8-12(11(2)25)4-7-15(13)31-16)19(24)21(30-3)18-20(10)27(14-5-6-14)23(29)26-22(18)28/h9,11-12,14H,4-8,25H2,1-3H3,(H,26,28,29). The Kier molecular flexibility index (Phi) is 4.82. The van der Waals surface area contributed by atoms with Gasteiger partial charge in [-0.15, -0.1) is 11.3 Å². The lowest BCUT2D eigenvalue weighted by atomic mass is 9.84. The molecule has 2 heterocycles. The largest absolute Gasteiger partial charge is 0.493 e. The molecule has 0 radical (unpaired) electrons. The molecule has 3 aromatic rings. The van der Waals surface area contributed by atoms with Crippen molar-refractivity contribution in [2.24, 2.45) is 11.7 Å². The summed E-state index contributed by atoms with van der Waals surface area (Å²) >= 11 is 1.59. The van der Waals surface area contributed by atoms with Crippen LogP contribution in [0.15, 0.2) is 15.7 Å². The summed E-state index contributed by atoms with van der Waals surface area (Å²) in [7, 11) is 1.36. The monoisotopic (exact) mass is 443 g/mol. The van der Waals surface area contributed by atoms with E-state index < -0.39 is 17.1 Å². The van der Waals surface area contributed by atoms with Gasteiger partial charge < -0.3 is 10.5 Å². The highest BCUT2D eigenvalue weighted by molar-refractivity contribution is 7.15. The summed E-state index contributed by atoms with van der Waals surface area (Å²) in [6.07, 6.45) is 4.58. The van der Waals surface area contributed by atoms with Crippen molar-refractivity contribution in [1.82, 2.24) is 9.55 Å². The fraction of sp³-hybridized carbons (Fsp3) is 0.478. The Hall–Kier alpha value is -2.45. The number of aromatic amines is 1. The molecule has 2 atom stereocenters. The Morgan fingerprint density at radius 1 is 1.32 bits per heavy atom. The first kappa shape index (κ1) is 20.5. The Bertz CT molecular complexity index is 1320. The maximum absolute atomic E-state index is 15.8. The van der Waals surface area contributed by atoms with Gasteiger partial charge in [0.05, 0.1) is 12.6 Å². The number of benzene rings is 1. The van der Waals surface area contributed by atoms with E-state index in [0.717, 1.165) is 37.0 Å². The molecule has 0 aliphatic heterocycles. The molecule has 3 N–H and O–H groups in total. The number of nitrogens with two attached hydrogens (primary N) is 1. The number of nitrogens with one attached hydrogen (secondary N) is 1. The van der Waals surface area contributed by atoms with Crippen LogP contribution in [0.4, 0.5) is 4.39 Å². The van der Waals surface area contributed by atoms with Crippen LogP contribution in [0.5, 0.6) is 5.75 Å². The summed E-state index contributed by atoms with van der Waals surface area (Å²) < 4.78 is 22.8. The first-order valence-electron chi connectivity index (χ1n) is 10.7. The molecule has 1 aromatic carbocycles. The molecule has 164 valence electrons. The normalized spacial score (nSPS) is 19.5. The quantitative estimate of drug-likeness (QED) is 0.644. The maximum atomic E-state index is 15.8. The van der Waals surface area contributed by atoms with Crippen molar-refractivity contribution in [2.75, 3.05) is 7.11 Å². The van der Waals surface area contributed by atoms with Crippen LogP contribution in [-0.2, 0) is 12.8 Å². The molecule has 6 nitrogen and oxygen atoms in total. The third-order valence-electron chi connectivity index (χ3n) is 6.75. The second kappa shape index (κ2) is 7.31. The van der Waals surface area contributed by atoms with Gasteiger partial charge in [-0.3, -0.25) is 14.3 Å². The zero-order chi connectivity index (χ0) is 22.0. The summed E-state index contributed by atoms with van der Waals surface area (Å²) in [5.74, 6) is -0.238. The summed E-state index contributed by atoms with van der Waals surface area (Å²) in [6.45, 7) is 3.83. The number of hydrogen-bond donors (Lipinski definition) is 2. The zero-order valence-electron chi connectivity index (χ0n) is 17.9. The molecule has 2 aliphatic rings. The number of methoxy groups -OCH3 is 1. The Morgan fingerprint density at radius 3 is 2.71 bits per heavy atom. The van der Waals surface area contributed by atoms with Crippen molar-refractivity contribution in [1.29, 1.82) is 0 Å². The Balaban J connectivity index is 1.79. The third kappa shape index (κ3) is 3.15. The number of fused-ring (bicyclic) bond motifs is 2. The highest BCUT2D eigenvalue weighted by atomic mass is 32.1. The molecule has 2 unspecified atom stereocenters. The van der Waals surface area contributed by atoms with Gasteiger partial charge in [0.1, 0.15) is 5.39 Å². The van der Waals surface area contributed by atoms with E-state index in [1.54, 1.807) is 22.8 Å². The minimum atomic E-state index is -0.618. The summed E-state index contributed by atoms with van der Waals surface area (Å²) in [5.41, 5.74) is 7.78. The van der Waals surface area contributed by atoms with Crippen molar-refractivity contribution in [3.8, 4) is 16.2 Å². The molecule has 0 amide bonds. The maximum Gasteiger partial charge on any atom is 0.329 e. The van der Waals surface area contributed by atoms with Crippen LogP contribution in [0.25, 0.3) is 21.3 Å². The fourth-order valence-corrected chi connectivity index (χ4v) is 6.23. The van der Waals surface area contributed by atoms with Gasteiger partial charge in [0.2, 0.25) is 0 Å². The van der Waals surface area contributed by atoms with E-state index in [0.29, 0.717) is 22.6 Å². The average molecular weight is 444 g/mol. The number of aryl methyl sites for hydroxylation is 2. The number of nitrogens with zero attached hydrogens (tertiary/aromatic N) is 1. The Labute approximate surface area is 182 Å². The molecule has 8 heteroatoms. The molecule has 31 heavy (non-hydrogen) atoms. The highest BCUT2D eigenvalue weighted by Crippen LogP contribution is 2.45. The molecule has 1 saturated carbocycles. The SMILES string of the molecule is COc1c(F)c(-c2cc3c(s2)CCC(C(C)N)C3)c(C)c2c1c(=O)[nH]c(=O)n2C1CC1. The van der Waals surface area contributed by atoms with Gasteiger partial charge in [0.15, 0.2) is 11.6 Å². The van der Waals surface area contributed by atoms with Crippen molar-refractivity contribution in [3.05, 3.63) is 48.7 Å². The number of thiophene rings is 1. The van der Waals surface area contributed by atoms with E-state index in [1.165, 1.54) is 17.6 Å². The van der Waals surface area contributed by atoms with Gasteiger partial charge in [0.25, 0.3) is 5.56 Å². The highest BCUT2D eigenvalue weighted by Gasteiger charge is 2.32. The van der Waals surface area contributed by atoms with E-state index >= 15 is 4.39 Å². The summed E-state index contributed by atoms with van der Waals surface area (Å²) in [5, 5.41) is 0.103. The second-order valence-electron chi connectivity index (χ2n) is 8.85. The van der Waals surface area contributed by atoms with Gasteiger partial charge in [-0.2, -0.15) is 0 Å². The minimum absolute atomic E-state index is 0.0249. The van der Waals surface area contributed by atoms with Gasteiger partial charge in [0, 0.05) is 27.4 Å². The van der Waals surface area contributed by atoms with E-state index in [-0.39, 0.29) is 23.2 Å². The Morgan fingerprint density at radius 2 is 2.06 bits per heavy atom. The number of aromatic nitrogens is 2. The molecular formula is C23H26FN3O3S. The van der Waals surface area contributed by atoms with E-state index in [2.05, 4.69) is 11.1 Å².